The third-order valence-corrected chi connectivity index (χ3v) is 3.32. The molecule has 6 heteroatoms. The molecule has 0 unspecified atom stereocenters. The fourth-order valence-electron chi connectivity index (χ4n) is 1.91. The molecule has 1 saturated carbocycles. The Kier molecular flexibility index (Phi) is 4.01. The molecule has 2 N–H and O–H groups in total. The van der Waals surface area contributed by atoms with E-state index >= 15 is 0 Å². The first kappa shape index (κ1) is 14.4. The number of hydrogen-bond donors (Lipinski definition) is 2. The van der Waals surface area contributed by atoms with Gasteiger partial charge in [0.15, 0.2) is 0 Å². The minimum atomic E-state index is -2.66. The summed E-state index contributed by atoms with van der Waals surface area (Å²) in [5, 5.41) is 5.11. The van der Waals surface area contributed by atoms with E-state index in [4.69, 9.17) is 0 Å². The molecule has 0 bridgehead atoms. The maximum Gasteiger partial charge on any atom is 0.252 e. The Morgan fingerprint density at radius 2 is 1.90 bits per heavy atom. The molecule has 2 amide bonds. The molecule has 4 nitrogen and oxygen atoms in total. The highest BCUT2D eigenvalue weighted by molar-refractivity contribution is 5.93. The number of rotatable bonds is 5. The fraction of sp³-hybridized carbons (Fsp3) is 0.429. The van der Waals surface area contributed by atoms with Crippen LogP contribution in [0.15, 0.2) is 24.3 Å². The molecule has 1 aliphatic carbocycles. The molecule has 1 aromatic carbocycles. The van der Waals surface area contributed by atoms with Crippen molar-refractivity contribution in [3.63, 3.8) is 0 Å². The Bertz CT molecular complexity index is 514. The average molecular weight is 282 g/mol. The summed E-state index contributed by atoms with van der Waals surface area (Å²) >= 11 is 0. The molecule has 2 rings (SSSR count). The number of alkyl halides is 2. The first-order valence-electron chi connectivity index (χ1n) is 6.38. The Balaban J connectivity index is 1.79. The summed E-state index contributed by atoms with van der Waals surface area (Å²) in [4.78, 5) is 22.8. The second kappa shape index (κ2) is 5.56. The van der Waals surface area contributed by atoms with Crippen molar-refractivity contribution in [1.29, 1.82) is 0 Å². The van der Waals surface area contributed by atoms with E-state index in [0.717, 1.165) is 5.56 Å². The predicted octanol–water partition coefficient (Wildman–Crippen LogP) is 1.71. The zero-order valence-electron chi connectivity index (χ0n) is 11.1. The van der Waals surface area contributed by atoms with Crippen molar-refractivity contribution in [3.05, 3.63) is 35.4 Å². The summed E-state index contributed by atoms with van der Waals surface area (Å²) in [5.41, 5.74) is 1.34. The summed E-state index contributed by atoms with van der Waals surface area (Å²) in [6.45, 7) is 0.269. The van der Waals surface area contributed by atoms with Gasteiger partial charge in [-0.05, 0) is 17.7 Å². The van der Waals surface area contributed by atoms with Gasteiger partial charge in [-0.25, -0.2) is 8.78 Å². The van der Waals surface area contributed by atoms with Gasteiger partial charge in [-0.2, -0.15) is 0 Å². The van der Waals surface area contributed by atoms with Crippen molar-refractivity contribution in [1.82, 2.24) is 10.6 Å². The summed E-state index contributed by atoms with van der Waals surface area (Å²) in [5.74, 6) is -4.02. The van der Waals surface area contributed by atoms with Crippen molar-refractivity contribution in [3.8, 4) is 0 Å². The van der Waals surface area contributed by atoms with Crippen molar-refractivity contribution < 1.29 is 18.4 Å². The lowest BCUT2D eigenvalue weighted by molar-refractivity contribution is -0.122. The second-order valence-electron chi connectivity index (χ2n) is 4.92. The van der Waals surface area contributed by atoms with Gasteiger partial charge in [-0.3, -0.25) is 9.59 Å². The van der Waals surface area contributed by atoms with Gasteiger partial charge in [0.25, 0.3) is 11.8 Å². The number of carbonyl (C=O) groups is 2. The van der Waals surface area contributed by atoms with Gasteiger partial charge in [0.05, 0.1) is 0 Å². The summed E-state index contributed by atoms with van der Waals surface area (Å²) in [6.07, 6.45) is -0.329. The van der Waals surface area contributed by atoms with E-state index in [9.17, 15) is 18.4 Å². The van der Waals surface area contributed by atoms with E-state index in [1.807, 2.05) is 0 Å². The highest BCUT2D eigenvalue weighted by Gasteiger charge is 2.57. The van der Waals surface area contributed by atoms with E-state index in [1.54, 1.807) is 31.3 Å². The number of benzene rings is 1. The fourth-order valence-corrected chi connectivity index (χ4v) is 1.91. The molecule has 108 valence electrons. The molecule has 0 saturated heterocycles. The highest BCUT2D eigenvalue weighted by Crippen LogP contribution is 2.50. The normalized spacial score (nSPS) is 19.2. The molecule has 0 aliphatic heterocycles. The Labute approximate surface area is 115 Å². The molecule has 1 aromatic rings. The minimum absolute atomic E-state index is 0.136. The van der Waals surface area contributed by atoms with Crippen LogP contribution in [-0.2, 0) is 11.3 Å². The molecule has 0 spiro atoms. The lowest BCUT2D eigenvalue weighted by Gasteiger charge is -2.06. The van der Waals surface area contributed by atoms with Crippen LogP contribution in [0.2, 0.25) is 0 Å². The lowest BCUT2D eigenvalue weighted by Crippen LogP contribution is -2.23. The summed E-state index contributed by atoms with van der Waals surface area (Å²) in [6, 6.07) is 6.73. The standard InChI is InChI=1S/C14H16F2N2O2/c1-17-13(20)10-4-2-9(3-5-10)8-18-12(19)6-11-7-14(11,15)16/h2-5,11H,6-8H2,1H3,(H,17,20)(H,18,19)/t11-/m1/s1. The summed E-state index contributed by atoms with van der Waals surface area (Å²) in [7, 11) is 1.55. The van der Waals surface area contributed by atoms with Crippen LogP contribution in [0.3, 0.4) is 0 Å². The van der Waals surface area contributed by atoms with E-state index in [2.05, 4.69) is 10.6 Å². The van der Waals surface area contributed by atoms with E-state index < -0.39 is 11.8 Å². The van der Waals surface area contributed by atoms with Crippen LogP contribution in [-0.4, -0.2) is 24.8 Å². The molecule has 1 aliphatic rings. The monoisotopic (exact) mass is 282 g/mol. The molecule has 20 heavy (non-hydrogen) atoms. The van der Waals surface area contributed by atoms with E-state index in [-0.39, 0.29) is 31.2 Å². The molecule has 1 fully saturated rings. The maximum atomic E-state index is 12.7. The van der Waals surface area contributed by atoms with Gasteiger partial charge < -0.3 is 10.6 Å². The van der Waals surface area contributed by atoms with Crippen LogP contribution in [0.4, 0.5) is 8.78 Å². The van der Waals surface area contributed by atoms with Crippen LogP contribution in [0.25, 0.3) is 0 Å². The van der Waals surface area contributed by atoms with Crippen LogP contribution in [0.1, 0.15) is 28.8 Å². The zero-order chi connectivity index (χ0) is 14.8. The van der Waals surface area contributed by atoms with Crippen molar-refractivity contribution in [2.45, 2.75) is 25.3 Å². The number of carbonyl (C=O) groups excluding carboxylic acids is 2. The Hall–Kier alpha value is -1.98. The predicted molar refractivity (Wildman–Crippen MR) is 69.3 cm³/mol. The molecular weight excluding hydrogens is 266 g/mol. The van der Waals surface area contributed by atoms with Crippen molar-refractivity contribution in [2.24, 2.45) is 5.92 Å². The first-order chi connectivity index (χ1) is 9.42. The number of nitrogens with one attached hydrogen (secondary N) is 2. The van der Waals surface area contributed by atoms with Gasteiger partial charge >= 0.3 is 0 Å². The Morgan fingerprint density at radius 1 is 1.30 bits per heavy atom. The zero-order valence-corrected chi connectivity index (χ0v) is 11.1. The number of amides is 2. The van der Waals surface area contributed by atoms with E-state index in [1.165, 1.54) is 0 Å². The largest absolute Gasteiger partial charge is 0.355 e. The van der Waals surface area contributed by atoms with E-state index in [0.29, 0.717) is 5.56 Å². The van der Waals surface area contributed by atoms with Gasteiger partial charge in [0.1, 0.15) is 0 Å². The molecule has 0 aromatic heterocycles. The lowest BCUT2D eigenvalue weighted by atomic mass is 10.1. The highest BCUT2D eigenvalue weighted by atomic mass is 19.3. The van der Waals surface area contributed by atoms with Gasteiger partial charge in [0.2, 0.25) is 5.91 Å². The molecule has 0 radical (unpaired) electrons. The van der Waals surface area contributed by atoms with Crippen LogP contribution in [0, 0.1) is 5.92 Å². The van der Waals surface area contributed by atoms with Crippen LogP contribution >= 0.6 is 0 Å². The maximum absolute atomic E-state index is 12.7. The average Bonchev–Trinajstić information content (AvgIpc) is 3.03. The minimum Gasteiger partial charge on any atom is -0.355 e. The first-order valence-corrected chi connectivity index (χ1v) is 6.38. The molecule has 1 atom stereocenters. The summed E-state index contributed by atoms with van der Waals surface area (Å²) < 4.78 is 25.3. The van der Waals surface area contributed by atoms with Gasteiger partial charge in [0, 0.05) is 37.9 Å². The smallest absolute Gasteiger partial charge is 0.252 e. The quantitative estimate of drug-likeness (QED) is 0.863. The topological polar surface area (TPSA) is 58.2 Å². The van der Waals surface area contributed by atoms with Crippen molar-refractivity contribution >= 4 is 11.8 Å². The van der Waals surface area contributed by atoms with Crippen LogP contribution in [0.5, 0.6) is 0 Å². The third kappa shape index (κ3) is 3.53. The molecule has 0 heterocycles. The van der Waals surface area contributed by atoms with Crippen LogP contribution < -0.4 is 10.6 Å². The van der Waals surface area contributed by atoms with Gasteiger partial charge in [-0.15, -0.1) is 0 Å². The second-order valence-corrected chi connectivity index (χ2v) is 4.92. The number of halogens is 2. The third-order valence-electron chi connectivity index (χ3n) is 3.32. The molecular formula is C14H16F2N2O2. The SMILES string of the molecule is CNC(=O)c1ccc(CNC(=O)C[C@@H]2CC2(F)F)cc1. The van der Waals surface area contributed by atoms with Crippen molar-refractivity contribution in [2.75, 3.05) is 7.05 Å². The number of hydrogen-bond acceptors (Lipinski definition) is 2. The van der Waals surface area contributed by atoms with Gasteiger partial charge in [-0.1, -0.05) is 12.1 Å². The Morgan fingerprint density at radius 3 is 2.40 bits per heavy atom.